The zero-order chi connectivity index (χ0) is 24.5. The van der Waals surface area contributed by atoms with Gasteiger partial charge >= 0.3 is 5.97 Å². The number of nitrogens with zero attached hydrogens (tertiary/aromatic N) is 3. The van der Waals surface area contributed by atoms with Crippen molar-refractivity contribution in [3.63, 3.8) is 0 Å². The smallest absolute Gasteiger partial charge is 0.303 e. The number of carboxylic acid groups (broad SMARTS) is 1. The minimum Gasteiger partial charge on any atom is -0.486 e. The Hall–Kier alpha value is -3.33. The van der Waals surface area contributed by atoms with Crippen molar-refractivity contribution in [2.75, 3.05) is 10.8 Å². The van der Waals surface area contributed by atoms with Gasteiger partial charge in [-0.05, 0) is 54.7 Å². The van der Waals surface area contributed by atoms with E-state index in [9.17, 15) is 13.2 Å². The minimum absolute atomic E-state index is 0.0343. The van der Waals surface area contributed by atoms with Crippen LogP contribution in [-0.2, 0) is 21.4 Å². The molecule has 1 aliphatic rings. The van der Waals surface area contributed by atoms with Crippen LogP contribution in [-0.4, -0.2) is 41.9 Å². The summed E-state index contributed by atoms with van der Waals surface area (Å²) in [7, 11) is -3.89. The fraction of sp³-hybridized carbons (Fsp3) is 0.360. The van der Waals surface area contributed by atoms with E-state index >= 15 is 0 Å². The number of anilines is 1. The van der Waals surface area contributed by atoms with Crippen LogP contribution in [0.1, 0.15) is 32.3 Å². The first kappa shape index (κ1) is 23.8. The molecule has 0 amide bonds. The molecule has 0 fully saturated rings. The number of ether oxygens (including phenoxy) is 1. The molecule has 3 aromatic rings. The molecule has 180 valence electrons. The molecule has 0 bridgehead atoms. The molecule has 34 heavy (non-hydrogen) atoms. The van der Waals surface area contributed by atoms with Gasteiger partial charge < -0.3 is 9.84 Å². The normalized spacial score (nSPS) is 15.8. The van der Waals surface area contributed by atoms with E-state index in [2.05, 4.69) is 18.9 Å². The number of aryl methyl sites for hydroxylation is 1. The van der Waals surface area contributed by atoms with Crippen LogP contribution in [0, 0.1) is 12.8 Å². The van der Waals surface area contributed by atoms with Crippen LogP contribution < -0.4 is 9.04 Å². The summed E-state index contributed by atoms with van der Waals surface area (Å²) in [5, 5.41) is 13.5. The second-order valence-electron chi connectivity index (χ2n) is 9.05. The van der Waals surface area contributed by atoms with Crippen molar-refractivity contribution in [3.8, 4) is 16.9 Å². The third-order valence-corrected chi connectivity index (χ3v) is 7.44. The highest BCUT2D eigenvalue weighted by Crippen LogP contribution is 2.40. The number of carboxylic acids is 1. The van der Waals surface area contributed by atoms with Gasteiger partial charge in [0, 0.05) is 24.7 Å². The van der Waals surface area contributed by atoms with E-state index in [1.165, 1.54) is 4.31 Å². The number of benzene rings is 2. The van der Waals surface area contributed by atoms with Crippen molar-refractivity contribution in [2.24, 2.45) is 5.92 Å². The fourth-order valence-electron chi connectivity index (χ4n) is 4.04. The summed E-state index contributed by atoms with van der Waals surface area (Å²) in [6, 6.07) is 12.2. The summed E-state index contributed by atoms with van der Waals surface area (Å²) in [4.78, 5) is 11.3. The highest BCUT2D eigenvalue weighted by Gasteiger charge is 2.35. The summed E-state index contributed by atoms with van der Waals surface area (Å²) in [5.74, 6) is -0.0881. The Morgan fingerprint density at radius 2 is 2.00 bits per heavy atom. The molecule has 0 unspecified atom stereocenters. The Kier molecular flexibility index (Phi) is 6.65. The van der Waals surface area contributed by atoms with Crippen molar-refractivity contribution in [1.29, 1.82) is 0 Å². The molecule has 1 aromatic heterocycles. The van der Waals surface area contributed by atoms with Gasteiger partial charge in [0.2, 0.25) is 0 Å². The van der Waals surface area contributed by atoms with Gasteiger partial charge in [-0.3, -0.25) is 13.8 Å². The summed E-state index contributed by atoms with van der Waals surface area (Å²) in [6.07, 6.45) is 3.25. The number of aromatic nitrogens is 2. The lowest BCUT2D eigenvalue weighted by Crippen LogP contribution is -2.43. The Morgan fingerprint density at radius 1 is 1.21 bits per heavy atom. The Morgan fingerprint density at radius 3 is 2.71 bits per heavy atom. The second-order valence-corrected chi connectivity index (χ2v) is 10.9. The lowest BCUT2D eigenvalue weighted by Gasteiger charge is -2.35. The molecule has 8 nitrogen and oxygen atoms in total. The van der Waals surface area contributed by atoms with Gasteiger partial charge in [-0.25, -0.2) is 8.42 Å². The van der Waals surface area contributed by atoms with Gasteiger partial charge in [0.1, 0.15) is 11.9 Å². The molecule has 1 aliphatic heterocycles. The lowest BCUT2D eigenvalue weighted by molar-refractivity contribution is -0.137. The monoisotopic (exact) mass is 483 g/mol. The summed E-state index contributed by atoms with van der Waals surface area (Å²) < 4.78 is 36.6. The number of rotatable bonds is 8. The Balaban J connectivity index is 1.75. The fourth-order valence-corrected chi connectivity index (χ4v) is 5.65. The molecule has 0 saturated carbocycles. The molecule has 0 spiro atoms. The predicted octanol–water partition coefficient (Wildman–Crippen LogP) is 4.34. The number of hydrogen-bond donors (Lipinski definition) is 1. The topological polar surface area (TPSA) is 102 Å². The molecular formula is C25H29N3O5S. The lowest BCUT2D eigenvalue weighted by atomic mass is 10.1. The molecule has 4 rings (SSSR count). The average Bonchev–Trinajstić information content (AvgIpc) is 3.24. The van der Waals surface area contributed by atoms with Crippen LogP contribution in [0.4, 0.5) is 5.69 Å². The van der Waals surface area contributed by atoms with E-state index < -0.39 is 22.1 Å². The summed E-state index contributed by atoms with van der Waals surface area (Å²) >= 11 is 0. The zero-order valence-corrected chi connectivity index (χ0v) is 20.3. The molecule has 2 heterocycles. The largest absolute Gasteiger partial charge is 0.486 e. The van der Waals surface area contributed by atoms with Gasteiger partial charge in [0.25, 0.3) is 10.0 Å². The number of fused-ring (bicyclic) bond motifs is 1. The number of carbonyl (C=O) groups is 1. The van der Waals surface area contributed by atoms with Gasteiger partial charge in [0.15, 0.2) is 0 Å². The van der Waals surface area contributed by atoms with Crippen LogP contribution in [0.25, 0.3) is 11.1 Å². The summed E-state index contributed by atoms with van der Waals surface area (Å²) in [5.41, 5.74) is 2.97. The standard InChI is InChI=1S/C25H29N3O5S/c1-17(2)14-27-15-20(13-26-27)19-7-9-24-23(12-19)28(16-21(33-24)8-10-25(29)30)34(31,32)22-6-4-5-18(3)11-22/h4-7,9,11-13,15,17,21H,8,10,14,16H2,1-3H3,(H,29,30)/t21-/m0/s1. The van der Waals surface area contributed by atoms with E-state index in [0.717, 1.165) is 23.2 Å². The van der Waals surface area contributed by atoms with E-state index in [1.807, 2.05) is 29.9 Å². The van der Waals surface area contributed by atoms with Crippen molar-refractivity contribution < 1.29 is 23.1 Å². The highest BCUT2D eigenvalue weighted by atomic mass is 32.2. The molecule has 0 saturated heterocycles. The van der Waals surface area contributed by atoms with E-state index in [0.29, 0.717) is 17.4 Å². The molecular weight excluding hydrogens is 454 g/mol. The maximum absolute atomic E-state index is 13.7. The molecule has 2 aromatic carbocycles. The van der Waals surface area contributed by atoms with Gasteiger partial charge in [0.05, 0.1) is 23.3 Å². The third kappa shape index (κ3) is 5.09. The van der Waals surface area contributed by atoms with Crippen molar-refractivity contribution >= 4 is 21.7 Å². The SMILES string of the molecule is Cc1cccc(S(=O)(=O)N2C[C@H](CCC(=O)O)Oc3ccc(-c4cnn(CC(C)C)c4)cc32)c1. The highest BCUT2D eigenvalue weighted by molar-refractivity contribution is 7.92. The number of hydrogen-bond acceptors (Lipinski definition) is 5. The molecule has 0 radical (unpaired) electrons. The first-order chi connectivity index (χ1) is 16.1. The Labute approximate surface area is 199 Å². The second kappa shape index (κ2) is 9.50. The average molecular weight is 484 g/mol. The molecule has 9 heteroatoms. The van der Waals surface area contributed by atoms with Crippen LogP contribution in [0.15, 0.2) is 59.8 Å². The predicted molar refractivity (Wildman–Crippen MR) is 129 cm³/mol. The Bertz CT molecular complexity index is 1300. The first-order valence-corrected chi connectivity index (χ1v) is 12.7. The third-order valence-electron chi connectivity index (χ3n) is 5.67. The van der Waals surface area contributed by atoms with Crippen LogP contribution in [0.3, 0.4) is 0 Å². The van der Waals surface area contributed by atoms with Crippen molar-refractivity contribution in [3.05, 3.63) is 60.4 Å². The maximum Gasteiger partial charge on any atom is 0.303 e. The van der Waals surface area contributed by atoms with E-state index in [-0.39, 0.29) is 24.3 Å². The zero-order valence-electron chi connectivity index (χ0n) is 19.5. The van der Waals surface area contributed by atoms with Crippen LogP contribution >= 0.6 is 0 Å². The van der Waals surface area contributed by atoms with Gasteiger partial charge in [-0.2, -0.15) is 5.10 Å². The maximum atomic E-state index is 13.7. The first-order valence-electron chi connectivity index (χ1n) is 11.3. The minimum atomic E-state index is -3.89. The van der Waals surface area contributed by atoms with Crippen molar-refractivity contribution in [2.45, 2.75) is 51.2 Å². The van der Waals surface area contributed by atoms with Gasteiger partial charge in [-0.15, -0.1) is 0 Å². The van der Waals surface area contributed by atoms with Gasteiger partial charge in [-0.1, -0.05) is 32.0 Å². The van der Waals surface area contributed by atoms with E-state index in [1.54, 1.807) is 36.5 Å². The molecule has 0 aliphatic carbocycles. The van der Waals surface area contributed by atoms with Crippen molar-refractivity contribution in [1.82, 2.24) is 9.78 Å². The number of aliphatic carboxylic acids is 1. The van der Waals surface area contributed by atoms with Crippen LogP contribution in [0.2, 0.25) is 0 Å². The van der Waals surface area contributed by atoms with E-state index in [4.69, 9.17) is 9.84 Å². The molecule has 1 N–H and O–H groups in total. The summed E-state index contributed by atoms with van der Waals surface area (Å²) in [6.45, 7) is 6.90. The quantitative estimate of drug-likeness (QED) is 0.512. The number of sulfonamides is 1. The molecule has 1 atom stereocenters. The van der Waals surface area contributed by atoms with Crippen LogP contribution in [0.5, 0.6) is 5.75 Å².